The number of hydrogen-bond acceptors (Lipinski definition) is 5. The van der Waals surface area contributed by atoms with Crippen molar-refractivity contribution in [1.82, 2.24) is 9.78 Å². The quantitative estimate of drug-likeness (QED) is 0.379. The summed E-state index contributed by atoms with van der Waals surface area (Å²) in [4.78, 5) is 12.2. The summed E-state index contributed by atoms with van der Waals surface area (Å²) >= 11 is 12.3. The van der Waals surface area contributed by atoms with Gasteiger partial charge in [0.05, 0.1) is 26.9 Å². The van der Waals surface area contributed by atoms with E-state index in [0.29, 0.717) is 12.1 Å². The molecule has 14 heteroatoms. The highest BCUT2D eigenvalue weighted by Gasteiger charge is 2.36. The molecule has 0 unspecified atom stereocenters. The highest BCUT2D eigenvalue weighted by atomic mass is 35.5. The van der Waals surface area contributed by atoms with Gasteiger partial charge in [0.2, 0.25) is 10.0 Å². The zero-order valence-electron chi connectivity index (χ0n) is 16.5. The van der Waals surface area contributed by atoms with Crippen LogP contribution in [0.25, 0.3) is 5.69 Å². The van der Waals surface area contributed by atoms with Gasteiger partial charge >= 0.3 is 17.8 Å². The summed E-state index contributed by atoms with van der Waals surface area (Å²) in [6, 6.07) is 1.24. The first kappa shape index (κ1) is 25.5. The maximum Gasteiger partial charge on any atom is 0.464 e. The molecule has 2 rings (SSSR count). The van der Waals surface area contributed by atoms with E-state index in [4.69, 9.17) is 23.2 Å². The summed E-state index contributed by atoms with van der Waals surface area (Å²) in [5.41, 5.74) is -1.56. The molecule has 0 aliphatic rings. The number of alkyl halides is 3. The lowest BCUT2D eigenvalue weighted by molar-refractivity contribution is -0.137. The number of carbonyl (C=O) groups is 1. The monoisotopic (exact) mass is 518 g/mol. The fraction of sp³-hybridized carbons (Fsp3) is 0.412. The van der Waals surface area contributed by atoms with Crippen LogP contribution in [0.4, 0.5) is 19.0 Å². The Labute approximate surface area is 190 Å². The molecular weight excluding hydrogens is 502 g/mol. The molecule has 2 aromatic rings. The van der Waals surface area contributed by atoms with Crippen LogP contribution >= 0.6 is 23.2 Å². The zero-order chi connectivity index (χ0) is 23.7. The zero-order valence-corrected chi connectivity index (χ0v) is 19.6. The molecule has 1 heterocycles. The number of ketones is 1. The summed E-state index contributed by atoms with van der Waals surface area (Å²) < 4.78 is 77.9. The molecule has 0 N–H and O–H groups in total. The highest BCUT2D eigenvalue weighted by Crippen LogP contribution is 2.40. The minimum Gasteiger partial charge on any atom is -0.293 e. The first-order chi connectivity index (χ1) is 14.3. The van der Waals surface area contributed by atoms with E-state index in [0.717, 1.165) is 15.9 Å². The van der Waals surface area contributed by atoms with E-state index < -0.39 is 37.6 Å². The second-order valence-electron chi connectivity index (χ2n) is 6.23. The van der Waals surface area contributed by atoms with E-state index in [1.807, 2.05) is 0 Å². The summed E-state index contributed by atoms with van der Waals surface area (Å²) in [7, 11) is -3.92. The molecule has 0 saturated heterocycles. The van der Waals surface area contributed by atoms with Crippen LogP contribution in [0.3, 0.4) is 0 Å². The number of rotatable bonds is 8. The van der Waals surface area contributed by atoms with Crippen LogP contribution in [-0.2, 0) is 37.8 Å². The number of nitrogens with zero attached hydrogens (tertiary/aromatic N) is 3. The van der Waals surface area contributed by atoms with Crippen molar-refractivity contribution in [3.63, 3.8) is 0 Å². The Kier molecular flexibility index (Phi) is 7.72. The Hall–Kier alpha value is -1.76. The molecule has 0 atom stereocenters. The molecule has 0 aliphatic carbocycles. The largest absolute Gasteiger partial charge is 0.464 e. The first-order valence-electron chi connectivity index (χ1n) is 8.74. The molecule has 1 aromatic heterocycles. The smallest absolute Gasteiger partial charge is 0.293 e. The number of anilines is 1. The van der Waals surface area contributed by atoms with Crippen LogP contribution in [-0.4, -0.2) is 36.3 Å². The molecular formula is C17H17Cl2F3N3O4S2+. The van der Waals surface area contributed by atoms with Gasteiger partial charge in [0, 0.05) is 17.7 Å². The third-order valence-corrected chi connectivity index (χ3v) is 7.09. The predicted molar refractivity (Wildman–Crippen MR) is 113 cm³/mol. The number of hydrogen-bond donors (Lipinski definition) is 0. The summed E-state index contributed by atoms with van der Waals surface area (Å²) in [6.07, 6.45) is -4.73. The van der Waals surface area contributed by atoms with E-state index in [1.54, 1.807) is 0 Å². The van der Waals surface area contributed by atoms with Crippen LogP contribution < -0.4 is 4.31 Å². The standard InChI is InChI=1S/C17H17Cl2F3N3O4S2/c1-4-24(31(28,29)5-2)16-11(8-30-27)14(9(3)26)23-25(16)15-12(18)6-10(7-13(15)19)17(20,21)22/h6-7H,4-5,8H2,1-3H3/q+1. The normalized spacial score (nSPS) is 12.1. The SMILES string of the molecule is CCN(c1c(C[S+]=O)c(C(C)=O)nn1-c1c(Cl)cc(C(F)(F)F)cc1Cl)S(=O)(=O)CC. The van der Waals surface area contributed by atoms with Gasteiger partial charge in [0.15, 0.2) is 11.6 Å². The topological polar surface area (TPSA) is 89.3 Å². The van der Waals surface area contributed by atoms with Crippen molar-refractivity contribution in [3.8, 4) is 5.69 Å². The third-order valence-electron chi connectivity index (χ3n) is 4.27. The number of benzene rings is 1. The minimum absolute atomic E-state index is 0.0124. The second kappa shape index (κ2) is 9.39. The Morgan fingerprint density at radius 2 is 1.77 bits per heavy atom. The van der Waals surface area contributed by atoms with Crippen LogP contribution in [0, 0.1) is 0 Å². The molecule has 0 fully saturated rings. The van der Waals surface area contributed by atoms with Crippen LogP contribution in [0.15, 0.2) is 12.1 Å². The van der Waals surface area contributed by atoms with Crippen molar-refractivity contribution in [1.29, 1.82) is 0 Å². The van der Waals surface area contributed by atoms with E-state index in [-0.39, 0.29) is 52.5 Å². The molecule has 0 spiro atoms. The van der Waals surface area contributed by atoms with Gasteiger partial charge in [-0.1, -0.05) is 23.2 Å². The van der Waals surface area contributed by atoms with Gasteiger partial charge in [-0.05, 0) is 26.0 Å². The van der Waals surface area contributed by atoms with Crippen LogP contribution in [0.5, 0.6) is 0 Å². The lowest BCUT2D eigenvalue weighted by Gasteiger charge is -2.24. The average molecular weight is 519 g/mol. The van der Waals surface area contributed by atoms with Gasteiger partial charge in [-0.2, -0.15) is 18.3 Å². The Bertz CT molecular complexity index is 1110. The predicted octanol–water partition coefficient (Wildman–Crippen LogP) is 4.50. The Balaban J connectivity index is 2.99. The Morgan fingerprint density at radius 3 is 2.16 bits per heavy atom. The lowest BCUT2D eigenvalue weighted by atomic mass is 10.2. The highest BCUT2D eigenvalue weighted by molar-refractivity contribution is 7.92. The molecule has 31 heavy (non-hydrogen) atoms. The second-order valence-corrected chi connectivity index (χ2v) is 9.75. The molecule has 0 amide bonds. The fourth-order valence-corrected chi connectivity index (χ4v) is 5.08. The maximum atomic E-state index is 13.1. The number of halogens is 5. The van der Waals surface area contributed by atoms with Gasteiger partial charge < -0.3 is 0 Å². The van der Waals surface area contributed by atoms with Gasteiger partial charge in [0.1, 0.15) is 11.4 Å². The fourth-order valence-electron chi connectivity index (χ4n) is 2.89. The molecule has 0 saturated carbocycles. The maximum absolute atomic E-state index is 13.1. The van der Waals surface area contributed by atoms with Crippen molar-refractivity contribution in [2.24, 2.45) is 0 Å². The van der Waals surface area contributed by atoms with E-state index in [9.17, 15) is 30.6 Å². The van der Waals surface area contributed by atoms with Gasteiger partial charge in [-0.3, -0.25) is 9.10 Å². The van der Waals surface area contributed by atoms with Crippen molar-refractivity contribution in [3.05, 3.63) is 39.0 Å². The summed E-state index contributed by atoms with van der Waals surface area (Å²) in [6.45, 7) is 3.97. The number of Topliss-reactive ketones (excluding diaryl/α,β-unsaturated/α-hetero) is 1. The molecule has 0 bridgehead atoms. The van der Waals surface area contributed by atoms with Crippen molar-refractivity contribution in [2.45, 2.75) is 32.7 Å². The van der Waals surface area contributed by atoms with E-state index in [2.05, 4.69) is 5.10 Å². The molecule has 0 radical (unpaired) electrons. The number of sulfonamides is 1. The number of aromatic nitrogens is 2. The van der Waals surface area contributed by atoms with Crippen molar-refractivity contribution >= 4 is 56.5 Å². The van der Waals surface area contributed by atoms with Crippen LogP contribution in [0.1, 0.15) is 42.4 Å². The molecule has 170 valence electrons. The lowest BCUT2D eigenvalue weighted by Crippen LogP contribution is -2.34. The summed E-state index contributed by atoms with van der Waals surface area (Å²) in [5, 5.41) is 3.15. The van der Waals surface area contributed by atoms with E-state index in [1.165, 1.54) is 13.8 Å². The number of carbonyl (C=O) groups excluding carboxylic acids is 1. The molecule has 1 aromatic carbocycles. The van der Waals surface area contributed by atoms with Gasteiger partial charge in [-0.25, -0.2) is 13.1 Å². The van der Waals surface area contributed by atoms with Crippen molar-refractivity contribution < 1.29 is 30.6 Å². The minimum atomic E-state index is -4.73. The van der Waals surface area contributed by atoms with Crippen LogP contribution in [0.2, 0.25) is 10.0 Å². The third kappa shape index (κ3) is 5.02. The van der Waals surface area contributed by atoms with Crippen molar-refractivity contribution in [2.75, 3.05) is 16.6 Å². The molecule has 7 nitrogen and oxygen atoms in total. The summed E-state index contributed by atoms with van der Waals surface area (Å²) in [5.74, 6) is -1.40. The average Bonchev–Trinajstić information content (AvgIpc) is 3.00. The Morgan fingerprint density at radius 1 is 1.23 bits per heavy atom. The molecule has 0 aliphatic heterocycles. The van der Waals surface area contributed by atoms with E-state index >= 15 is 0 Å². The first-order valence-corrected chi connectivity index (χ1v) is 12.0. The van der Waals surface area contributed by atoms with Gasteiger partial charge in [-0.15, -0.1) is 0 Å². The van der Waals surface area contributed by atoms with Gasteiger partial charge in [0.25, 0.3) is 5.75 Å².